The molecule has 0 radical (unpaired) electrons. The summed E-state index contributed by atoms with van der Waals surface area (Å²) in [6.45, 7) is 0. The highest BCUT2D eigenvalue weighted by Gasteiger charge is 2.46. The van der Waals surface area contributed by atoms with Gasteiger partial charge in [0, 0.05) is 43.3 Å². The van der Waals surface area contributed by atoms with E-state index in [0.29, 0.717) is 0 Å². The van der Waals surface area contributed by atoms with Crippen molar-refractivity contribution in [3.8, 4) is 16.8 Å². The minimum absolute atomic E-state index is 0.451. The molecular weight excluding hydrogens is 721 g/mol. The lowest BCUT2D eigenvalue weighted by Gasteiger charge is -2.34. The molecule has 1 aliphatic carbocycles. The van der Waals surface area contributed by atoms with Gasteiger partial charge in [0.2, 0.25) is 0 Å². The zero-order chi connectivity index (χ0) is 38.2. The first kappa shape index (κ1) is 33.0. The van der Waals surface area contributed by atoms with Crippen LogP contribution in [0.15, 0.2) is 218 Å². The molecule has 0 N–H and O–H groups in total. The van der Waals surface area contributed by atoms with Gasteiger partial charge in [-0.3, -0.25) is 0 Å². The van der Waals surface area contributed by atoms with Crippen LogP contribution in [0.1, 0.15) is 22.3 Å². The molecular formula is C55H36N2S. The summed E-state index contributed by atoms with van der Waals surface area (Å²) in [5.74, 6) is 0. The van der Waals surface area contributed by atoms with Gasteiger partial charge in [-0.05, 0) is 94.0 Å². The lowest BCUT2D eigenvalue weighted by Crippen LogP contribution is -2.28. The van der Waals surface area contributed by atoms with Gasteiger partial charge in [-0.25, -0.2) is 0 Å². The Bertz CT molecular complexity index is 3250. The highest BCUT2D eigenvalue weighted by Crippen LogP contribution is 2.57. The predicted octanol–water partition coefficient (Wildman–Crippen LogP) is 15.0. The number of aromatic nitrogens is 1. The van der Waals surface area contributed by atoms with Crippen molar-refractivity contribution < 1.29 is 0 Å². The van der Waals surface area contributed by atoms with Gasteiger partial charge in [0.15, 0.2) is 0 Å². The molecule has 12 rings (SSSR count). The largest absolute Gasteiger partial charge is 0.309 e. The van der Waals surface area contributed by atoms with Crippen LogP contribution >= 0.6 is 11.3 Å². The number of thiophene rings is 1. The molecule has 0 amide bonds. The summed E-state index contributed by atoms with van der Waals surface area (Å²) >= 11 is 1.87. The fraction of sp³-hybridized carbons (Fsp3) is 0.0182. The monoisotopic (exact) mass is 756 g/mol. The zero-order valence-corrected chi connectivity index (χ0v) is 32.4. The first-order chi connectivity index (χ1) is 28.8. The molecule has 0 atom stereocenters. The second-order valence-corrected chi connectivity index (χ2v) is 16.3. The maximum Gasteiger partial charge on any atom is 0.0713 e. The molecule has 0 saturated carbocycles. The summed E-state index contributed by atoms with van der Waals surface area (Å²) in [6, 6.07) is 80.5. The molecule has 0 spiro atoms. The third-order valence-electron chi connectivity index (χ3n) is 12.3. The molecule has 0 unspecified atom stereocenters. The van der Waals surface area contributed by atoms with Gasteiger partial charge in [0.1, 0.15) is 0 Å². The molecule has 2 aromatic heterocycles. The maximum absolute atomic E-state index is 2.47. The number of hydrogen-bond donors (Lipinski definition) is 0. The van der Waals surface area contributed by atoms with Crippen LogP contribution in [0.2, 0.25) is 0 Å². The Morgan fingerprint density at radius 3 is 1.66 bits per heavy atom. The second kappa shape index (κ2) is 12.9. The van der Waals surface area contributed by atoms with E-state index in [1.54, 1.807) is 0 Å². The number of anilines is 3. The molecule has 2 nitrogen and oxygen atoms in total. The smallest absolute Gasteiger partial charge is 0.0713 e. The molecule has 272 valence electrons. The molecule has 0 fully saturated rings. The molecule has 9 aromatic carbocycles. The van der Waals surface area contributed by atoms with Crippen molar-refractivity contribution in [2.24, 2.45) is 0 Å². The molecule has 0 saturated heterocycles. The molecule has 58 heavy (non-hydrogen) atoms. The fourth-order valence-corrected chi connectivity index (χ4v) is 11.1. The Balaban J connectivity index is 1.09. The number of nitrogens with zero attached hydrogens (tertiary/aromatic N) is 2. The molecule has 0 aliphatic heterocycles. The van der Waals surface area contributed by atoms with Crippen molar-refractivity contribution in [2.45, 2.75) is 5.41 Å². The van der Waals surface area contributed by atoms with Gasteiger partial charge in [-0.1, -0.05) is 158 Å². The quantitative estimate of drug-likeness (QED) is 0.164. The average Bonchev–Trinajstić information content (AvgIpc) is 3.94. The van der Waals surface area contributed by atoms with Gasteiger partial charge in [-0.15, -0.1) is 11.3 Å². The normalized spacial score (nSPS) is 13.0. The van der Waals surface area contributed by atoms with Gasteiger partial charge in [0.05, 0.1) is 26.8 Å². The highest BCUT2D eigenvalue weighted by atomic mass is 32.1. The lowest BCUT2D eigenvalue weighted by molar-refractivity contribution is 0.768. The van der Waals surface area contributed by atoms with Crippen LogP contribution in [-0.4, -0.2) is 4.57 Å². The Morgan fingerprint density at radius 2 is 0.948 bits per heavy atom. The van der Waals surface area contributed by atoms with E-state index in [0.717, 1.165) is 17.1 Å². The van der Waals surface area contributed by atoms with Crippen molar-refractivity contribution in [2.75, 3.05) is 4.90 Å². The van der Waals surface area contributed by atoms with Crippen molar-refractivity contribution in [1.29, 1.82) is 0 Å². The lowest BCUT2D eigenvalue weighted by atomic mass is 9.68. The van der Waals surface area contributed by atoms with E-state index < -0.39 is 5.41 Å². The van der Waals surface area contributed by atoms with E-state index >= 15 is 0 Å². The Labute approximate surface area is 341 Å². The minimum Gasteiger partial charge on any atom is -0.309 e. The number of fused-ring (bicyclic) bond motifs is 9. The third kappa shape index (κ3) is 4.71. The number of para-hydroxylation sites is 2. The summed E-state index contributed by atoms with van der Waals surface area (Å²) < 4.78 is 4.97. The van der Waals surface area contributed by atoms with Gasteiger partial charge < -0.3 is 9.47 Å². The van der Waals surface area contributed by atoms with Crippen LogP contribution in [0.4, 0.5) is 17.1 Å². The number of rotatable bonds is 6. The summed E-state index contributed by atoms with van der Waals surface area (Å²) in [6.07, 6.45) is 0. The Morgan fingerprint density at radius 1 is 0.397 bits per heavy atom. The van der Waals surface area contributed by atoms with Crippen molar-refractivity contribution in [1.82, 2.24) is 4.57 Å². The maximum atomic E-state index is 2.47. The van der Waals surface area contributed by atoms with Gasteiger partial charge >= 0.3 is 0 Å². The van der Waals surface area contributed by atoms with E-state index in [2.05, 4.69) is 228 Å². The second-order valence-electron chi connectivity index (χ2n) is 15.2. The summed E-state index contributed by atoms with van der Waals surface area (Å²) in [4.78, 5) is 2.47. The van der Waals surface area contributed by atoms with Crippen LogP contribution in [0, 0.1) is 0 Å². The summed E-state index contributed by atoms with van der Waals surface area (Å²) in [5.41, 5.74) is 14.2. The molecule has 2 heterocycles. The zero-order valence-electron chi connectivity index (χ0n) is 31.6. The molecule has 1 aliphatic rings. The fourth-order valence-electron chi connectivity index (χ4n) is 9.86. The summed E-state index contributed by atoms with van der Waals surface area (Å²) in [5, 5.41) is 5.11. The first-order valence-electron chi connectivity index (χ1n) is 19.9. The Hall–Kier alpha value is -7.20. The van der Waals surface area contributed by atoms with Crippen LogP contribution in [0.25, 0.3) is 58.8 Å². The highest BCUT2D eigenvalue weighted by molar-refractivity contribution is 7.26. The van der Waals surface area contributed by atoms with E-state index in [4.69, 9.17) is 0 Å². The van der Waals surface area contributed by atoms with Crippen LogP contribution in [-0.2, 0) is 5.41 Å². The SMILES string of the molecule is c1ccc(C2(c3ccccc3)c3ccccc3-c3cc(N(c4ccc(-n5c6ccccc6c6ccccc65)cc4)c4cccc5c4sc4ccccc45)ccc32)cc1. The molecule has 0 bridgehead atoms. The Kier molecular flexibility index (Phi) is 7.35. The topological polar surface area (TPSA) is 8.17 Å². The van der Waals surface area contributed by atoms with Crippen LogP contribution < -0.4 is 4.90 Å². The van der Waals surface area contributed by atoms with Gasteiger partial charge in [0.25, 0.3) is 0 Å². The third-order valence-corrected chi connectivity index (χ3v) is 13.5. The van der Waals surface area contributed by atoms with Crippen molar-refractivity contribution >= 4 is 70.4 Å². The van der Waals surface area contributed by atoms with Crippen molar-refractivity contribution in [3.05, 3.63) is 241 Å². The minimum atomic E-state index is -0.451. The average molecular weight is 757 g/mol. The molecule has 11 aromatic rings. The standard InChI is InChI=1S/C55H36N2S/c1-3-16-37(17-4-1)55(38-18-5-2-6-19-38)48-25-11-7-20-42(48)47-36-41(34-35-49(47)55)56(52-28-15-24-46-45-23-10-14-29-53(45)58-54(46)52)39-30-32-40(33-31-39)57-50-26-12-8-21-43(50)44-22-9-13-27-51(44)57/h1-36H. The van der Waals surface area contributed by atoms with Crippen molar-refractivity contribution in [3.63, 3.8) is 0 Å². The first-order valence-corrected chi connectivity index (χ1v) is 20.8. The van der Waals surface area contributed by atoms with Crippen LogP contribution in [0.5, 0.6) is 0 Å². The number of benzene rings is 9. The molecule has 3 heteroatoms. The van der Waals surface area contributed by atoms with Crippen LogP contribution in [0.3, 0.4) is 0 Å². The van der Waals surface area contributed by atoms with E-state index in [9.17, 15) is 0 Å². The van der Waals surface area contributed by atoms with Gasteiger partial charge in [-0.2, -0.15) is 0 Å². The summed E-state index contributed by atoms with van der Waals surface area (Å²) in [7, 11) is 0. The predicted molar refractivity (Wildman–Crippen MR) is 246 cm³/mol. The van der Waals surface area contributed by atoms with E-state index in [-0.39, 0.29) is 0 Å². The number of hydrogen-bond acceptors (Lipinski definition) is 2. The van der Waals surface area contributed by atoms with E-state index in [1.165, 1.54) is 81.0 Å². The van der Waals surface area contributed by atoms with E-state index in [1.807, 2.05) is 11.3 Å².